The van der Waals surface area contributed by atoms with Crippen molar-refractivity contribution >= 4 is 34.8 Å². The first-order chi connectivity index (χ1) is 12.0. The van der Waals surface area contributed by atoms with Gasteiger partial charge in [0, 0.05) is 23.7 Å². The maximum atomic E-state index is 12.4. The minimum absolute atomic E-state index is 0.111. The van der Waals surface area contributed by atoms with Gasteiger partial charge in [-0.15, -0.1) is 0 Å². The van der Waals surface area contributed by atoms with Gasteiger partial charge in [-0.3, -0.25) is 9.59 Å². The lowest BCUT2D eigenvalue weighted by molar-refractivity contribution is -0.122. The second-order valence-electron chi connectivity index (χ2n) is 5.76. The van der Waals surface area contributed by atoms with E-state index in [0.717, 1.165) is 0 Å². The van der Waals surface area contributed by atoms with Gasteiger partial charge in [0.2, 0.25) is 11.8 Å². The molecular weight excluding hydrogens is 344 g/mol. The number of phenols is 1. The van der Waals surface area contributed by atoms with E-state index in [0.29, 0.717) is 22.1 Å². The molecule has 3 rings (SSSR count). The Kier molecular flexibility index (Phi) is 4.81. The van der Waals surface area contributed by atoms with Gasteiger partial charge in [-0.2, -0.15) is 0 Å². The molecule has 2 amide bonds. The number of halogens is 1. The molecule has 0 aromatic heterocycles. The average molecular weight is 361 g/mol. The molecule has 1 fully saturated rings. The molecule has 1 aliphatic rings. The predicted molar refractivity (Wildman–Crippen MR) is 95.2 cm³/mol. The van der Waals surface area contributed by atoms with Gasteiger partial charge in [0.05, 0.1) is 18.7 Å². The van der Waals surface area contributed by atoms with E-state index in [1.807, 2.05) is 0 Å². The second-order valence-corrected chi connectivity index (χ2v) is 6.19. The van der Waals surface area contributed by atoms with Gasteiger partial charge in [0.15, 0.2) is 0 Å². The number of rotatable bonds is 4. The fourth-order valence-electron chi connectivity index (χ4n) is 2.78. The summed E-state index contributed by atoms with van der Waals surface area (Å²) < 4.78 is 5.29. The Morgan fingerprint density at radius 3 is 2.68 bits per heavy atom. The molecule has 6 nitrogen and oxygen atoms in total. The van der Waals surface area contributed by atoms with Crippen molar-refractivity contribution in [1.82, 2.24) is 0 Å². The molecule has 2 aromatic rings. The second kappa shape index (κ2) is 7.03. The van der Waals surface area contributed by atoms with Gasteiger partial charge >= 0.3 is 0 Å². The Bertz CT molecular complexity index is 807. The van der Waals surface area contributed by atoms with Gasteiger partial charge < -0.3 is 20.1 Å². The summed E-state index contributed by atoms with van der Waals surface area (Å²) in [6.45, 7) is 0.249. The highest BCUT2D eigenvalue weighted by Crippen LogP contribution is 2.35. The van der Waals surface area contributed by atoms with Crippen molar-refractivity contribution in [1.29, 1.82) is 0 Å². The summed E-state index contributed by atoms with van der Waals surface area (Å²) in [7, 11) is 1.52. The van der Waals surface area contributed by atoms with Crippen molar-refractivity contribution in [3.63, 3.8) is 0 Å². The third kappa shape index (κ3) is 3.69. The van der Waals surface area contributed by atoms with Crippen LogP contribution in [-0.2, 0) is 9.59 Å². The number of anilines is 2. The molecule has 1 heterocycles. The number of amides is 2. The molecule has 0 unspecified atom stereocenters. The Labute approximate surface area is 150 Å². The lowest BCUT2D eigenvalue weighted by Gasteiger charge is -2.19. The van der Waals surface area contributed by atoms with Crippen LogP contribution in [0.15, 0.2) is 42.5 Å². The zero-order valence-electron chi connectivity index (χ0n) is 13.5. The summed E-state index contributed by atoms with van der Waals surface area (Å²) in [5.74, 6) is -0.246. The Hall–Kier alpha value is -2.73. The Balaban J connectivity index is 1.75. The lowest BCUT2D eigenvalue weighted by Crippen LogP contribution is -2.28. The van der Waals surface area contributed by atoms with Crippen molar-refractivity contribution in [3.05, 3.63) is 47.5 Å². The highest BCUT2D eigenvalue weighted by atomic mass is 35.5. The van der Waals surface area contributed by atoms with E-state index >= 15 is 0 Å². The van der Waals surface area contributed by atoms with Crippen LogP contribution in [0.2, 0.25) is 5.02 Å². The number of hydrogen-bond acceptors (Lipinski definition) is 4. The van der Waals surface area contributed by atoms with E-state index in [1.54, 1.807) is 30.3 Å². The molecule has 25 heavy (non-hydrogen) atoms. The number of nitrogens with zero attached hydrogens (tertiary/aromatic N) is 1. The minimum Gasteiger partial charge on any atom is -0.508 e. The van der Waals surface area contributed by atoms with E-state index in [-0.39, 0.29) is 30.5 Å². The summed E-state index contributed by atoms with van der Waals surface area (Å²) in [6, 6.07) is 11.2. The van der Waals surface area contributed by atoms with E-state index in [9.17, 15) is 14.7 Å². The van der Waals surface area contributed by atoms with E-state index in [2.05, 4.69) is 5.32 Å². The number of carbonyl (C=O) groups excluding carboxylic acids is 2. The zero-order valence-corrected chi connectivity index (χ0v) is 14.3. The molecule has 0 aliphatic carbocycles. The summed E-state index contributed by atoms with van der Waals surface area (Å²) in [6.07, 6.45) is 0.111. The van der Waals surface area contributed by atoms with Gasteiger partial charge in [0.1, 0.15) is 11.5 Å². The molecule has 1 saturated heterocycles. The maximum Gasteiger partial charge on any atom is 0.229 e. The molecule has 2 aromatic carbocycles. The monoisotopic (exact) mass is 360 g/mol. The highest BCUT2D eigenvalue weighted by molar-refractivity contribution is 6.31. The van der Waals surface area contributed by atoms with Crippen LogP contribution in [0.3, 0.4) is 0 Å². The molecule has 0 bridgehead atoms. The number of aromatic hydroxyl groups is 1. The molecule has 2 N–H and O–H groups in total. The summed E-state index contributed by atoms with van der Waals surface area (Å²) in [5.41, 5.74) is 1.12. The van der Waals surface area contributed by atoms with Crippen LogP contribution in [-0.4, -0.2) is 30.6 Å². The first kappa shape index (κ1) is 17.1. The minimum atomic E-state index is -0.481. The predicted octanol–water partition coefficient (Wildman–Crippen LogP) is 3.05. The van der Waals surface area contributed by atoms with Crippen LogP contribution in [0.25, 0.3) is 0 Å². The molecule has 7 heteroatoms. The van der Waals surface area contributed by atoms with Crippen molar-refractivity contribution in [2.24, 2.45) is 5.92 Å². The number of nitrogens with one attached hydrogen (secondary N) is 1. The number of hydrogen-bond donors (Lipinski definition) is 2. The Morgan fingerprint density at radius 1 is 1.28 bits per heavy atom. The molecular formula is C18H17ClN2O4. The van der Waals surface area contributed by atoms with Crippen LogP contribution >= 0.6 is 11.6 Å². The van der Waals surface area contributed by atoms with Gasteiger partial charge in [-0.1, -0.05) is 11.6 Å². The zero-order chi connectivity index (χ0) is 18.0. The Morgan fingerprint density at radius 2 is 2.00 bits per heavy atom. The molecule has 0 spiro atoms. The molecule has 1 aliphatic heterocycles. The number of carbonyl (C=O) groups is 2. The largest absolute Gasteiger partial charge is 0.508 e. The fourth-order valence-corrected chi connectivity index (χ4v) is 2.95. The van der Waals surface area contributed by atoms with Crippen molar-refractivity contribution in [2.75, 3.05) is 23.9 Å². The number of benzene rings is 2. The van der Waals surface area contributed by atoms with Crippen LogP contribution in [0.4, 0.5) is 11.4 Å². The normalized spacial score (nSPS) is 16.8. The molecule has 1 atom stereocenters. The number of phenolic OH excluding ortho intramolecular Hbond substituents is 1. The van der Waals surface area contributed by atoms with Crippen LogP contribution in [0.1, 0.15) is 6.42 Å². The molecule has 0 saturated carbocycles. The quantitative estimate of drug-likeness (QED) is 0.821. The first-order valence-electron chi connectivity index (χ1n) is 7.71. The molecule has 130 valence electrons. The maximum absolute atomic E-state index is 12.4. The van der Waals surface area contributed by atoms with E-state index in [4.69, 9.17) is 16.3 Å². The molecule has 0 radical (unpaired) electrons. The van der Waals surface area contributed by atoms with E-state index < -0.39 is 5.92 Å². The summed E-state index contributed by atoms with van der Waals surface area (Å²) in [5, 5.41) is 12.5. The standard InChI is InChI=1S/C18H17ClN2O4/c1-25-16-7-2-12(19)9-15(16)21-10-11(8-17(21)23)18(24)20-13-3-5-14(22)6-4-13/h2-7,9,11,22H,8,10H2,1H3,(H,20,24)/t11-/m0/s1. The summed E-state index contributed by atoms with van der Waals surface area (Å²) in [4.78, 5) is 26.3. The smallest absolute Gasteiger partial charge is 0.229 e. The topological polar surface area (TPSA) is 78.9 Å². The third-order valence-electron chi connectivity index (χ3n) is 4.06. The average Bonchev–Trinajstić information content (AvgIpc) is 2.98. The van der Waals surface area contributed by atoms with Gasteiger partial charge in [-0.05, 0) is 42.5 Å². The van der Waals surface area contributed by atoms with Crippen molar-refractivity contribution in [3.8, 4) is 11.5 Å². The lowest BCUT2D eigenvalue weighted by atomic mass is 10.1. The first-order valence-corrected chi connectivity index (χ1v) is 8.09. The van der Waals surface area contributed by atoms with E-state index in [1.165, 1.54) is 24.1 Å². The highest BCUT2D eigenvalue weighted by Gasteiger charge is 2.36. The van der Waals surface area contributed by atoms with Gasteiger partial charge in [0.25, 0.3) is 0 Å². The van der Waals surface area contributed by atoms with Crippen LogP contribution in [0, 0.1) is 5.92 Å². The SMILES string of the molecule is COc1ccc(Cl)cc1N1C[C@@H](C(=O)Nc2ccc(O)cc2)CC1=O. The summed E-state index contributed by atoms with van der Waals surface area (Å²) >= 11 is 6.03. The van der Waals surface area contributed by atoms with Crippen molar-refractivity contribution < 1.29 is 19.4 Å². The fraction of sp³-hybridized carbons (Fsp3) is 0.222. The van der Waals surface area contributed by atoms with Crippen molar-refractivity contribution in [2.45, 2.75) is 6.42 Å². The number of methoxy groups -OCH3 is 1. The number of ether oxygens (including phenoxy) is 1. The third-order valence-corrected chi connectivity index (χ3v) is 4.30. The van der Waals surface area contributed by atoms with Crippen LogP contribution < -0.4 is 15.0 Å². The van der Waals surface area contributed by atoms with Crippen LogP contribution in [0.5, 0.6) is 11.5 Å². The van der Waals surface area contributed by atoms with Gasteiger partial charge in [-0.25, -0.2) is 0 Å².